The van der Waals surface area contributed by atoms with Crippen LogP contribution in [0.25, 0.3) is 10.8 Å². The SMILES string of the molecule is CC1(C)OB(c2ccc3c(C(=O)O)cccc3c2)OC1(C)C. The molecule has 3 rings (SSSR count). The van der Waals surface area contributed by atoms with Gasteiger partial charge in [-0.05, 0) is 50.0 Å². The largest absolute Gasteiger partial charge is 0.494 e. The fraction of sp³-hybridized carbons (Fsp3) is 0.353. The first-order valence-corrected chi connectivity index (χ1v) is 7.33. The molecule has 1 aliphatic heterocycles. The molecule has 0 bridgehead atoms. The number of hydrogen-bond donors (Lipinski definition) is 1. The number of rotatable bonds is 2. The molecule has 5 heteroatoms. The number of carboxylic acids is 1. The lowest BCUT2D eigenvalue weighted by Gasteiger charge is -2.32. The molecule has 0 spiro atoms. The number of aromatic carboxylic acids is 1. The van der Waals surface area contributed by atoms with Crippen molar-refractivity contribution in [1.29, 1.82) is 0 Å². The summed E-state index contributed by atoms with van der Waals surface area (Å²) in [6.45, 7) is 8.04. The van der Waals surface area contributed by atoms with Crippen LogP contribution < -0.4 is 5.46 Å². The fourth-order valence-electron chi connectivity index (χ4n) is 2.61. The van der Waals surface area contributed by atoms with Crippen molar-refractivity contribution in [3.8, 4) is 0 Å². The van der Waals surface area contributed by atoms with Crippen molar-refractivity contribution in [2.45, 2.75) is 38.9 Å². The van der Waals surface area contributed by atoms with E-state index in [2.05, 4.69) is 0 Å². The van der Waals surface area contributed by atoms with E-state index >= 15 is 0 Å². The number of hydrogen-bond acceptors (Lipinski definition) is 3. The highest BCUT2D eigenvalue weighted by molar-refractivity contribution is 6.62. The summed E-state index contributed by atoms with van der Waals surface area (Å²) in [5, 5.41) is 10.8. The lowest BCUT2D eigenvalue weighted by Crippen LogP contribution is -2.41. The summed E-state index contributed by atoms with van der Waals surface area (Å²) in [6.07, 6.45) is 0. The summed E-state index contributed by atoms with van der Waals surface area (Å²) >= 11 is 0. The molecular formula is C17H19BO4. The molecule has 1 N–H and O–H groups in total. The lowest BCUT2D eigenvalue weighted by molar-refractivity contribution is 0.00578. The van der Waals surface area contributed by atoms with Gasteiger partial charge in [0.15, 0.2) is 0 Å². The summed E-state index contributed by atoms with van der Waals surface area (Å²) in [5.74, 6) is -0.922. The molecule has 114 valence electrons. The standard InChI is InChI=1S/C17H19BO4/c1-16(2)17(3,4)22-18(21-16)12-8-9-13-11(10-12)6-5-7-14(13)15(19)20/h5-10H,1-4H3,(H,19,20). The van der Waals surface area contributed by atoms with Gasteiger partial charge < -0.3 is 14.4 Å². The van der Waals surface area contributed by atoms with Crippen LogP contribution in [-0.4, -0.2) is 29.4 Å². The summed E-state index contributed by atoms with van der Waals surface area (Å²) in [4.78, 5) is 11.3. The lowest BCUT2D eigenvalue weighted by atomic mass is 9.78. The van der Waals surface area contributed by atoms with Crippen LogP contribution in [0.15, 0.2) is 36.4 Å². The van der Waals surface area contributed by atoms with Crippen LogP contribution in [-0.2, 0) is 9.31 Å². The van der Waals surface area contributed by atoms with Crippen molar-refractivity contribution in [3.63, 3.8) is 0 Å². The molecule has 1 fully saturated rings. The minimum atomic E-state index is -0.922. The van der Waals surface area contributed by atoms with E-state index < -0.39 is 24.3 Å². The van der Waals surface area contributed by atoms with Gasteiger partial charge in [0, 0.05) is 0 Å². The molecule has 0 amide bonds. The normalized spacial score (nSPS) is 19.5. The zero-order valence-electron chi connectivity index (χ0n) is 13.2. The van der Waals surface area contributed by atoms with Crippen LogP contribution in [0.5, 0.6) is 0 Å². The van der Waals surface area contributed by atoms with Gasteiger partial charge in [-0.2, -0.15) is 0 Å². The van der Waals surface area contributed by atoms with Gasteiger partial charge >= 0.3 is 13.1 Å². The first kappa shape index (κ1) is 15.1. The van der Waals surface area contributed by atoms with Gasteiger partial charge in [0.2, 0.25) is 0 Å². The minimum Gasteiger partial charge on any atom is -0.478 e. The van der Waals surface area contributed by atoms with Gasteiger partial charge in [0.25, 0.3) is 0 Å². The molecule has 1 heterocycles. The van der Waals surface area contributed by atoms with E-state index in [9.17, 15) is 9.90 Å². The fourth-order valence-corrected chi connectivity index (χ4v) is 2.61. The average Bonchev–Trinajstić information content (AvgIpc) is 2.66. The molecule has 0 saturated carbocycles. The minimum absolute atomic E-state index is 0.304. The molecule has 2 aromatic rings. The Labute approximate surface area is 130 Å². The highest BCUT2D eigenvalue weighted by Gasteiger charge is 2.51. The predicted octanol–water partition coefficient (Wildman–Crippen LogP) is 2.84. The first-order valence-electron chi connectivity index (χ1n) is 7.33. The average molecular weight is 298 g/mol. The van der Waals surface area contributed by atoms with Crippen LogP contribution in [0.2, 0.25) is 0 Å². The maximum absolute atomic E-state index is 11.3. The van der Waals surface area contributed by atoms with Crippen molar-refractivity contribution in [2.24, 2.45) is 0 Å². The predicted molar refractivity (Wildman–Crippen MR) is 86.6 cm³/mol. The topological polar surface area (TPSA) is 55.8 Å². The zero-order chi connectivity index (χ0) is 16.1. The number of carboxylic acid groups (broad SMARTS) is 1. The van der Waals surface area contributed by atoms with E-state index in [1.165, 1.54) is 0 Å². The second-order valence-electron chi connectivity index (χ2n) is 6.68. The van der Waals surface area contributed by atoms with E-state index in [1.807, 2.05) is 52.0 Å². The Kier molecular flexibility index (Phi) is 3.31. The Hall–Kier alpha value is -1.85. The monoisotopic (exact) mass is 298 g/mol. The molecule has 2 aromatic carbocycles. The maximum atomic E-state index is 11.3. The molecule has 1 saturated heterocycles. The molecule has 0 aromatic heterocycles. The molecule has 0 atom stereocenters. The molecule has 22 heavy (non-hydrogen) atoms. The summed E-state index contributed by atoms with van der Waals surface area (Å²) in [6, 6.07) is 10.9. The van der Waals surface area contributed by atoms with Gasteiger partial charge in [-0.3, -0.25) is 0 Å². The first-order chi connectivity index (χ1) is 10.2. The van der Waals surface area contributed by atoms with Gasteiger partial charge in [-0.25, -0.2) is 4.79 Å². The van der Waals surface area contributed by atoms with Gasteiger partial charge in [0.05, 0.1) is 16.8 Å². The Morgan fingerprint density at radius 3 is 2.27 bits per heavy atom. The number of benzene rings is 2. The maximum Gasteiger partial charge on any atom is 0.494 e. The Morgan fingerprint density at radius 1 is 1.05 bits per heavy atom. The molecule has 0 radical (unpaired) electrons. The van der Waals surface area contributed by atoms with Crippen molar-refractivity contribution in [3.05, 3.63) is 42.0 Å². The molecule has 1 aliphatic rings. The molecular weight excluding hydrogens is 279 g/mol. The highest BCUT2D eigenvalue weighted by atomic mass is 16.7. The smallest absolute Gasteiger partial charge is 0.478 e. The van der Waals surface area contributed by atoms with E-state index in [1.54, 1.807) is 12.1 Å². The van der Waals surface area contributed by atoms with E-state index in [4.69, 9.17) is 9.31 Å². The molecule has 0 aliphatic carbocycles. The summed E-state index contributed by atoms with van der Waals surface area (Å²) in [5.41, 5.74) is 0.414. The second-order valence-corrected chi connectivity index (χ2v) is 6.68. The Morgan fingerprint density at radius 2 is 1.68 bits per heavy atom. The van der Waals surface area contributed by atoms with E-state index in [-0.39, 0.29) is 0 Å². The van der Waals surface area contributed by atoms with Crippen LogP contribution in [0, 0.1) is 0 Å². The van der Waals surface area contributed by atoms with Crippen LogP contribution >= 0.6 is 0 Å². The van der Waals surface area contributed by atoms with Crippen LogP contribution in [0.1, 0.15) is 38.1 Å². The van der Waals surface area contributed by atoms with Crippen molar-refractivity contribution >= 4 is 29.3 Å². The molecule has 4 nitrogen and oxygen atoms in total. The van der Waals surface area contributed by atoms with Crippen LogP contribution in [0.3, 0.4) is 0 Å². The van der Waals surface area contributed by atoms with E-state index in [0.29, 0.717) is 5.56 Å². The Bertz CT molecular complexity index is 735. The van der Waals surface area contributed by atoms with Gasteiger partial charge in [0.1, 0.15) is 0 Å². The number of carbonyl (C=O) groups is 1. The summed E-state index contributed by atoms with van der Waals surface area (Å²) < 4.78 is 12.1. The van der Waals surface area contributed by atoms with Crippen molar-refractivity contribution in [2.75, 3.05) is 0 Å². The third-order valence-electron chi connectivity index (χ3n) is 4.66. The summed E-state index contributed by atoms with van der Waals surface area (Å²) in [7, 11) is -0.442. The zero-order valence-corrected chi connectivity index (χ0v) is 13.2. The van der Waals surface area contributed by atoms with Gasteiger partial charge in [-0.15, -0.1) is 0 Å². The third-order valence-corrected chi connectivity index (χ3v) is 4.66. The second kappa shape index (κ2) is 4.83. The van der Waals surface area contributed by atoms with Crippen LogP contribution in [0.4, 0.5) is 0 Å². The van der Waals surface area contributed by atoms with Gasteiger partial charge in [-0.1, -0.05) is 30.3 Å². The Balaban J connectivity index is 2.03. The van der Waals surface area contributed by atoms with Crippen molar-refractivity contribution < 1.29 is 19.2 Å². The highest BCUT2D eigenvalue weighted by Crippen LogP contribution is 2.36. The third kappa shape index (κ3) is 2.30. The molecule has 0 unspecified atom stereocenters. The van der Waals surface area contributed by atoms with E-state index in [0.717, 1.165) is 16.2 Å². The van der Waals surface area contributed by atoms with Crippen molar-refractivity contribution in [1.82, 2.24) is 0 Å². The number of fused-ring (bicyclic) bond motifs is 1. The quantitative estimate of drug-likeness (QED) is 0.866.